The van der Waals surface area contributed by atoms with Crippen LogP contribution in [-0.4, -0.2) is 73.6 Å². The van der Waals surface area contributed by atoms with Crippen molar-refractivity contribution in [1.82, 2.24) is 15.1 Å². The molecule has 2 aliphatic rings. The lowest BCUT2D eigenvalue weighted by atomic mass is 10.1. The molecule has 1 atom stereocenters. The van der Waals surface area contributed by atoms with Crippen molar-refractivity contribution in [2.24, 2.45) is 4.99 Å². The topological polar surface area (TPSA) is 57.2 Å². The number of carbonyl (C=O) groups excluding carboxylic acids is 1. The Hall–Kier alpha value is -2.60. The first kappa shape index (κ1) is 20.7. The van der Waals surface area contributed by atoms with E-state index in [4.69, 9.17) is 9.73 Å². The zero-order valence-corrected chi connectivity index (χ0v) is 17.8. The lowest BCUT2D eigenvalue weighted by Gasteiger charge is -2.37. The number of piperazine rings is 1. The summed E-state index contributed by atoms with van der Waals surface area (Å²) in [6.45, 7) is 7.46. The quantitative estimate of drug-likeness (QED) is 0.611. The van der Waals surface area contributed by atoms with E-state index in [0.29, 0.717) is 6.61 Å². The maximum absolute atomic E-state index is 12.6. The molecule has 1 N–H and O–H groups in total. The normalized spacial score (nSPS) is 20.0. The number of hydrogen-bond donors (Lipinski definition) is 1. The average Bonchev–Trinajstić information content (AvgIpc) is 3.33. The molecule has 30 heavy (non-hydrogen) atoms. The van der Waals surface area contributed by atoms with Gasteiger partial charge in [-0.25, -0.2) is 0 Å². The minimum atomic E-state index is -0.222. The number of amides is 1. The van der Waals surface area contributed by atoms with Crippen molar-refractivity contribution in [3.8, 4) is 0 Å². The number of ether oxygens (including phenoxy) is 1. The molecule has 2 fully saturated rings. The molecular formula is C24H32N4O2. The number of nitrogens with zero attached hydrogens (tertiary/aromatic N) is 3. The molecule has 0 aromatic heterocycles. The predicted octanol–water partition coefficient (Wildman–Crippen LogP) is 2.67. The van der Waals surface area contributed by atoms with Crippen LogP contribution in [0.5, 0.6) is 0 Å². The van der Waals surface area contributed by atoms with Gasteiger partial charge in [-0.3, -0.25) is 9.79 Å². The predicted molar refractivity (Wildman–Crippen MR) is 121 cm³/mol. The van der Waals surface area contributed by atoms with E-state index in [2.05, 4.69) is 59.6 Å². The first-order valence-electron chi connectivity index (χ1n) is 11.2. The first-order chi connectivity index (χ1) is 14.7. The van der Waals surface area contributed by atoms with E-state index < -0.39 is 0 Å². The summed E-state index contributed by atoms with van der Waals surface area (Å²) in [7, 11) is 0. The third-order valence-electron chi connectivity index (χ3n) is 5.91. The van der Waals surface area contributed by atoms with Gasteiger partial charge in [0, 0.05) is 45.9 Å². The molecule has 6 nitrogen and oxygen atoms in total. The number of carbonyl (C=O) groups is 1. The van der Waals surface area contributed by atoms with E-state index in [-0.39, 0.29) is 12.0 Å². The van der Waals surface area contributed by atoms with E-state index in [1.165, 1.54) is 16.3 Å². The van der Waals surface area contributed by atoms with Crippen LogP contribution in [0.15, 0.2) is 47.5 Å². The minimum absolute atomic E-state index is 0.158. The van der Waals surface area contributed by atoms with Gasteiger partial charge in [-0.2, -0.15) is 0 Å². The second-order valence-corrected chi connectivity index (χ2v) is 7.98. The number of nitrogens with one attached hydrogen (secondary N) is 1. The maximum atomic E-state index is 12.6. The Morgan fingerprint density at radius 1 is 1.10 bits per heavy atom. The Labute approximate surface area is 178 Å². The highest BCUT2D eigenvalue weighted by molar-refractivity contribution is 5.83. The second-order valence-electron chi connectivity index (χ2n) is 7.98. The van der Waals surface area contributed by atoms with Gasteiger partial charge in [-0.05, 0) is 42.5 Å². The number of fused-ring (bicyclic) bond motifs is 1. The van der Waals surface area contributed by atoms with Crippen LogP contribution in [0, 0.1) is 0 Å². The molecule has 2 saturated heterocycles. The third kappa shape index (κ3) is 4.93. The number of guanidine groups is 1. The molecule has 4 rings (SSSR count). The minimum Gasteiger partial charge on any atom is -0.368 e. The summed E-state index contributed by atoms with van der Waals surface area (Å²) in [4.78, 5) is 21.6. The van der Waals surface area contributed by atoms with E-state index in [9.17, 15) is 4.79 Å². The molecule has 2 heterocycles. The Balaban J connectivity index is 1.32. The van der Waals surface area contributed by atoms with E-state index in [1.807, 2.05) is 4.90 Å². The number of benzene rings is 2. The standard InChI is InChI=1S/C24H32N4O2/c1-2-25-24(26-12-11-19-9-10-20-6-3-4-7-21(20)18-19)28-15-13-27(14-16-28)23(29)22-8-5-17-30-22/h3-4,6-7,9-10,18,22H,2,5,8,11-17H2,1H3,(H,25,26). The Morgan fingerprint density at radius 3 is 2.60 bits per heavy atom. The van der Waals surface area contributed by atoms with Gasteiger partial charge in [0.2, 0.25) is 0 Å². The molecule has 0 bridgehead atoms. The molecule has 0 aliphatic carbocycles. The largest absolute Gasteiger partial charge is 0.368 e. The van der Waals surface area contributed by atoms with Crippen LogP contribution in [0.4, 0.5) is 0 Å². The first-order valence-corrected chi connectivity index (χ1v) is 11.2. The molecule has 0 spiro atoms. The van der Waals surface area contributed by atoms with E-state index >= 15 is 0 Å². The summed E-state index contributed by atoms with van der Waals surface area (Å²) in [6, 6.07) is 15.1. The molecule has 2 aromatic rings. The summed E-state index contributed by atoms with van der Waals surface area (Å²) in [5.41, 5.74) is 1.31. The van der Waals surface area contributed by atoms with Crippen molar-refractivity contribution in [3.05, 3.63) is 48.0 Å². The summed E-state index contributed by atoms with van der Waals surface area (Å²) in [5, 5.41) is 5.96. The van der Waals surface area contributed by atoms with Gasteiger partial charge in [-0.15, -0.1) is 0 Å². The summed E-state index contributed by atoms with van der Waals surface area (Å²) >= 11 is 0. The summed E-state index contributed by atoms with van der Waals surface area (Å²) in [5.74, 6) is 1.10. The zero-order valence-electron chi connectivity index (χ0n) is 17.8. The molecule has 0 saturated carbocycles. The van der Waals surface area contributed by atoms with E-state index in [0.717, 1.165) is 64.5 Å². The Morgan fingerprint density at radius 2 is 1.87 bits per heavy atom. The number of rotatable bonds is 5. The van der Waals surface area contributed by atoms with Crippen LogP contribution in [0.1, 0.15) is 25.3 Å². The number of hydrogen-bond acceptors (Lipinski definition) is 3. The number of aliphatic imine (C=N–C) groups is 1. The fraction of sp³-hybridized carbons (Fsp3) is 0.500. The molecule has 1 amide bonds. The highest BCUT2D eigenvalue weighted by Crippen LogP contribution is 2.17. The smallest absolute Gasteiger partial charge is 0.251 e. The Bertz CT molecular complexity index is 884. The van der Waals surface area contributed by atoms with Crippen LogP contribution in [-0.2, 0) is 16.0 Å². The van der Waals surface area contributed by atoms with Crippen molar-refractivity contribution in [2.45, 2.75) is 32.3 Å². The molecule has 0 radical (unpaired) electrons. The molecular weight excluding hydrogens is 376 g/mol. The molecule has 2 aliphatic heterocycles. The van der Waals surface area contributed by atoms with Gasteiger partial charge in [-0.1, -0.05) is 42.5 Å². The highest BCUT2D eigenvalue weighted by atomic mass is 16.5. The van der Waals surface area contributed by atoms with Gasteiger partial charge in [0.05, 0.1) is 0 Å². The van der Waals surface area contributed by atoms with Crippen molar-refractivity contribution >= 4 is 22.6 Å². The van der Waals surface area contributed by atoms with Crippen LogP contribution < -0.4 is 5.32 Å². The lowest BCUT2D eigenvalue weighted by molar-refractivity contribution is -0.142. The molecule has 2 aromatic carbocycles. The molecule has 160 valence electrons. The van der Waals surface area contributed by atoms with Gasteiger partial charge in [0.15, 0.2) is 5.96 Å². The van der Waals surface area contributed by atoms with Gasteiger partial charge >= 0.3 is 0 Å². The third-order valence-corrected chi connectivity index (χ3v) is 5.91. The van der Waals surface area contributed by atoms with Crippen molar-refractivity contribution < 1.29 is 9.53 Å². The van der Waals surface area contributed by atoms with Gasteiger partial charge in [0.25, 0.3) is 5.91 Å². The van der Waals surface area contributed by atoms with Crippen LogP contribution in [0.25, 0.3) is 10.8 Å². The highest BCUT2D eigenvalue weighted by Gasteiger charge is 2.30. The van der Waals surface area contributed by atoms with Crippen molar-refractivity contribution in [3.63, 3.8) is 0 Å². The summed E-state index contributed by atoms with van der Waals surface area (Å²) < 4.78 is 5.56. The zero-order chi connectivity index (χ0) is 20.8. The molecule has 6 heteroatoms. The van der Waals surface area contributed by atoms with Crippen LogP contribution in [0.3, 0.4) is 0 Å². The van der Waals surface area contributed by atoms with Crippen molar-refractivity contribution in [1.29, 1.82) is 0 Å². The second kappa shape index (κ2) is 9.94. The maximum Gasteiger partial charge on any atom is 0.251 e. The fourth-order valence-electron chi connectivity index (χ4n) is 4.23. The van der Waals surface area contributed by atoms with Gasteiger partial charge < -0.3 is 19.9 Å². The van der Waals surface area contributed by atoms with Crippen LogP contribution >= 0.6 is 0 Å². The SMILES string of the molecule is CCNC(=NCCc1ccc2ccccc2c1)N1CCN(C(=O)C2CCCO2)CC1. The monoisotopic (exact) mass is 408 g/mol. The van der Waals surface area contributed by atoms with Crippen molar-refractivity contribution in [2.75, 3.05) is 45.9 Å². The Kier molecular flexibility index (Phi) is 6.84. The summed E-state index contributed by atoms with van der Waals surface area (Å²) in [6.07, 6.45) is 2.54. The van der Waals surface area contributed by atoms with Crippen LogP contribution in [0.2, 0.25) is 0 Å². The van der Waals surface area contributed by atoms with E-state index in [1.54, 1.807) is 0 Å². The molecule has 1 unspecified atom stereocenters. The lowest BCUT2D eigenvalue weighted by Crippen LogP contribution is -2.55. The fourth-order valence-corrected chi connectivity index (χ4v) is 4.23. The average molecular weight is 409 g/mol. The van der Waals surface area contributed by atoms with Gasteiger partial charge in [0.1, 0.15) is 6.10 Å².